The van der Waals surface area contributed by atoms with Gasteiger partial charge in [0.1, 0.15) is 10.8 Å². The molecule has 6 heteroatoms. The van der Waals surface area contributed by atoms with Crippen molar-refractivity contribution in [3.05, 3.63) is 46.3 Å². The number of carbonyl (C=O) groups excluding carboxylic acids is 2. The fourth-order valence-electron chi connectivity index (χ4n) is 2.71. The lowest BCUT2D eigenvalue weighted by Gasteiger charge is -2.08. The first-order chi connectivity index (χ1) is 12.6. The van der Waals surface area contributed by atoms with Gasteiger partial charge in [0.25, 0.3) is 0 Å². The van der Waals surface area contributed by atoms with Crippen LogP contribution in [0.1, 0.15) is 53.4 Å². The van der Waals surface area contributed by atoms with E-state index in [1.807, 2.05) is 12.1 Å². The number of amides is 1. The predicted octanol–water partition coefficient (Wildman–Crippen LogP) is 4.01. The number of unbranched alkanes of at least 4 members (excludes halogenated alkanes) is 3. The topological polar surface area (TPSA) is 81.4 Å². The fourth-order valence-corrected chi connectivity index (χ4v) is 3.82. The van der Waals surface area contributed by atoms with Crippen LogP contribution >= 0.6 is 11.3 Å². The van der Waals surface area contributed by atoms with Crippen LogP contribution < -0.4 is 15.8 Å². The van der Waals surface area contributed by atoms with E-state index in [9.17, 15) is 9.59 Å². The average molecular weight is 375 g/mol. The molecule has 0 radical (unpaired) electrons. The van der Waals surface area contributed by atoms with Gasteiger partial charge in [-0.05, 0) is 31.0 Å². The minimum absolute atomic E-state index is 0.119. The Morgan fingerprint density at radius 2 is 1.92 bits per heavy atom. The number of hydrogen-bond acceptors (Lipinski definition) is 5. The Kier molecular flexibility index (Phi) is 7.81. The van der Waals surface area contributed by atoms with Crippen LogP contribution in [0.25, 0.3) is 0 Å². The van der Waals surface area contributed by atoms with E-state index in [0.29, 0.717) is 21.9 Å². The monoisotopic (exact) mass is 374 g/mol. The third kappa shape index (κ3) is 5.16. The van der Waals surface area contributed by atoms with Gasteiger partial charge in [-0.15, -0.1) is 11.3 Å². The highest BCUT2D eigenvalue weighted by Crippen LogP contribution is 2.33. The van der Waals surface area contributed by atoms with Gasteiger partial charge in [-0.2, -0.15) is 0 Å². The molecule has 26 heavy (non-hydrogen) atoms. The van der Waals surface area contributed by atoms with E-state index in [4.69, 9.17) is 10.5 Å². The van der Waals surface area contributed by atoms with Crippen LogP contribution in [0.15, 0.2) is 30.3 Å². The molecule has 0 saturated heterocycles. The van der Waals surface area contributed by atoms with Gasteiger partial charge in [0, 0.05) is 4.88 Å². The Balaban J connectivity index is 2.30. The van der Waals surface area contributed by atoms with E-state index in [2.05, 4.69) is 12.2 Å². The Morgan fingerprint density at radius 1 is 1.15 bits per heavy atom. The molecule has 2 aromatic rings. The number of hydrogen-bond donors (Lipinski definition) is 2. The van der Waals surface area contributed by atoms with Crippen LogP contribution in [0, 0.1) is 0 Å². The molecule has 1 aromatic carbocycles. The zero-order valence-electron chi connectivity index (χ0n) is 15.3. The molecule has 0 aliphatic rings. The number of carbonyl (C=O) groups is 2. The van der Waals surface area contributed by atoms with Crippen molar-refractivity contribution < 1.29 is 14.3 Å². The summed E-state index contributed by atoms with van der Waals surface area (Å²) < 4.78 is 5.30. The molecule has 0 atom stereocenters. The number of thiophene rings is 1. The van der Waals surface area contributed by atoms with Gasteiger partial charge in [0.15, 0.2) is 5.78 Å². The number of anilines is 1. The predicted molar refractivity (Wildman–Crippen MR) is 106 cm³/mol. The molecule has 1 heterocycles. The van der Waals surface area contributed by atoms with Gasteiger partial charge < -0.3 is 15.8 Å². The fraction of sp³-hybridized carbons (Fsp3) is 0.400. The van der Waals surface area contributed by atoms with Gasteiger partial charge in [0.2, 0.25) is 5.91 Å². The molecule has 1 amide bonds. The van der Waals surface area contributed by atoms with E-state index >= 15 is 0 Å². The second-order valence-electron chi connectivity index (χ2n) is 6.05. The lowest BCUT2D eigenvalue weighted by atomic mass is 10.0. The van der Waals surface area contributed by atoms with E-state index in [1.54, 1.807) is 18.2 Å². The van der Waals surface area contributed by atoms with Crippen molar-refractivity contribution in [2.75, 3.05) is 19.0 Å². The van der Waals surface area contributed by atoms with Crippen LogP contribution in [0.5, 0.6) is 5.75 Å². The highest BCUT2D eigenvalue weighted by atomic mass is 32.1. The zero-order chi connectivity index (χ0) is 18.9. The summed E-state index contributed by atoms with van der Waals surface area (Å²) in [4.78, 5) is 25.9. The van der Waals surface area contributed by atoms with Crippen molar-refractivity contribution in [3.63, 3.8) is 0 Å². The molecule has 0 fully saturated rings. The third-order valence-electron chi connectivity index (χ3n) is 4.09. The molecule has 0 aliphatic carbocycles. The molecular formula is C20H26N2O3S. The Labute approximate surface area is 158 Å². The Morgan fingerprint density at radius 3 is 2.62 bits per heavy atom. The van der Waals surface area contributed by atoms with E-state index < -0.39 is 0 Å². The average Bonchev–Trinajstić information content (AvgIpc) is 3.07. The lowest BCUT2D eigenvalue weighted by molar-refractivity contribution is -0.114. The second kappa shape index (κ2) is 10.1. The highest BCUT2D eigenvalue weighted by Gasteiger charge is 2.21. The summed E-state index contributed by atoms with van der Waals surface area (Å²) in [6.07, 6.45) is 5.51. The number of nitrogens with one attached hydrogen (secondary N) is 1. The van der Waals surface area contributed by atoms with Crippen molar-refractivity contribution in [1.29, 1.82) is 0 Å². The Bertz CT molecular complexity index is 755. The van der Waals surface area contributed by atoms with Crippen molar-refractivity contribution in [2.24, 2.45) is 5.73 Å². The van der Waals surface area contributed by atoms with Crippen LogP contribution in [0.2, 0.25) is 0 Å². The maximum Gasteiger partial charge on any atom is 0.238 e. The number of ketones is 1. The van der Waals surface area contributed by atoms with Crippen LogP contribution in [0.4, 0.5) is 5.00 Å². The van der Waals surface area contributed by atoms with Crippen LogP contribution in [-0.2, 0) is 11.2 Å². The maximum atomic E-state index is 13.1. The van der Waals surface area contributed by atoms with Crippen molar-refractivity contribution in [2.45, 2.75) is 39.0 Å². The number of aryl methyl sites for hydroxylation is 1. The summed E-state index contributed by atoms with van der Waals surface area (Å²) in [5.74, 6) is 0.0496. The van der Waals surface area contributed by atoms with Gasteiger partial charge in [-0.3, -0.25) is 9.59 Å². The van der Waals surface area contributed by atoms with Gasteiger partial charge in [0.05, 0.1) is 24.8 Å². The third-order valence-corrected chi connectivity index (χ3v) is 5.20. The molecule has 0 unspecified atom stereocenters. The van der Waals surface area contributed by atoms with E-state index in [0.717, 1.165) is 24.1 Å². The summed E-state index contributed by atoms with van der Waals surface area (Å²) >= 11 is 1.45. The largest absolute Gasteiger partial charge is 0.496 e. The lowest BCUT2D eigenvalue weighted by Crippen LogP contribution is -2.22. The molecule has 2 rings (SSSR count). The van der Waals surface area contributed by atoms with Crippen molar-refractivity contribution in [3.8, 4) is 5.75 Å². The Hall–Kier alpha value is -2.18. The number of benzene rings is 1. The standard InChI is InChI=1S/C20H26N2O3S/c1-3-4-5-6-9-14-12-16(20(26-14)22-18(23)13-21)19(24)15-10-7-8-11-17(15)25-2/h7-8,10-12H,3-6,9,13,21H2,1-2H3,(H,22,23). The first-order valence-electron chi connectivity index (χ1n) is 8.91. The van der Waals surface area contributed by atoms with Gasteiger partial charge >= 0.3 is 0 Å². The first-order valence-corrected chi connectivity index (χ1v) is 9.72. The summed E-state index contributed by atoms with van der Waals surface area (Å²) in [7, 11) is 1.54. The SMILES string of the molecule is CCCCCCc1cc(C(=O)c2ccccc2OC)c(NC(=O)CN)s1. The van der Waals surface area contributed by atoms with Gasteiger partial charge in [-0.1, -0.05) is 38.3 Å². The number of methoxy groups -OCH3 is 1. The number of ether oxygens (including phenoxy) is 1. The molecule has 1 aromatic heterocycles. The molecule has 0 bridgehead atoms. The first kappa shape index (κ1) is 20.1. The number of rotatable bonds is 10. The number of nitrogens with two attached hydrogens (primary N) is 1. The maximum absolute atomic E-state index is 13.1. The smallest absolute Gasteiger partial charge is 0.238 e. The molecule has 5 nitrogen and oxygen atoms in total. The zero-order valence-corrected chi connectivity index (χ0v) is 16.2. The molecule has 0 spiro atoms. The summed E-state index contributed by atoms with van der Waals surface area (Å²) in [5.41, 5.74) is 6.38. The second-order valence-corrected chi connectivity index (χ2v) is 7.18. The number of para-hydroxylation sites is 1. The quantitative estimate of drug-likeness (QED) is 0.486. The molecular weight excluding hydrogens is 348 g/mol. The normalized spacial score (nSPS) is 10.6. The molecule has 3 N–H and O–H groups in total. The minimum atomic E-state index is -0.307. The molecule has 0 saturated carbocycles. The summed E-state index contributed by atoms with van der Waals surface area (Å²) in [6, 6.07) is 8.99. The molecule has 140 valence electrons. The minimum Gasteiger partial charge on any atom is -0.496 e. The summed E-state index contributed by atoms with van der Waals surface area (Å²) in [6.45, 7) is 2.06. The highest BCUT2D eigenvalue weighted by molar-refractivity contribution is 7.16. The van der Waals surface area contributed by atoms with E-state index in [-0.39, 0.29) is 18.2 Å². The van der Waals surface area contributed by atoms with Crippen molar-refractivity contribution in [1.82, 2.24) is 0 Å². The van der Waals surface area contributed by atoms with Gasteiger partial charge in [-0.25, -0.2) is 0 Å². The molecule has 0 aliphatic heterocycles. The van der Waals surface area contributed by atoms with E-state index in [1.165, 1.54) is 31.3 Å². The van der Waals surface area contributed by atoms with Crippen molar-refractivity contribution >= 4 is 28.0 Å². The van der Waals surface area contributed by atoms with Crippen LogP contribution in [-0.4, -0.2) is 25.3 Å². The summed E-state index contributed by atoms with van der Waals surface area (Å²) in [5, 5.41) is 3.32. The van der Waals surface area contributed by atoms with Crippen LogP contribution in [0.3, 0.4) is 0 Å².